The van der Waals surface area contributed by atoms with Gasteiger partial charge < -0.3 is 67.0 Å². The molecule has 0 spiro atoms. The van der Waals surface area contributed by atoms with E-state index < -0.39 is 96.7 Å². The summed E-state index contributed by atoms with van der Waals surface area (Å²) in [6.07, 6.45) is -1.71. The molecule has 1 fully saturated rings. The van der Waals surface area contributed by atoms with E-state index in [1.807, 2.05) is 73.6 Å². The average Bonchev–Trinajstić information content (AvgIpc) is 4.01. The number of methoxy groups -OCH3 is 2. The molecular formula is C61H102N10O12. The number of carbonyl (C=O) groups excluding carboxylic acids is 7. The van der Waals surface area contributed by atoms with Gasteiger partial charge in [0.15, 0.2) is 0 Å². The fraction of sp³-hybridized carbons (Fsp3) is 0.689. The molecule has 2 aromatic carbocycles. The number of hydrogen-bond acceptors (Lipinski definition) is 14. The minimum atomic E-state index is -1.26. The predicted octanol–water partition coefficient (Wildman–Crippen LogP) is 5.27. The standard InChI is InChI=1S/C61H102N10O12/c1-17-39(10)52(47(81-15)33-48(72)71-32-22-26-46(71)54(82-16)40(11)55(74)65-41(12)53(73)43-23-19-18-20-24-43)69(13)59(78)50(36(4)5)68-58(77)51(37(6)7)70(14)61(80)83-34-42-27-29-44(30-28-42)66-56(75)45(25-21-31-63-60(62)79)67-57(76)49(35(2)3)64-38(8)9/h18-20,23-24,27-30,35-41,45-47,49-54,59,64,73,78H,17,21-22,25-26,31-34H2,1-16H3,(H,65,74)(H,66,75)(H,67,76)(H,68,77)(H3,62,63,79)/t39-,40+,41+,45-,46-,47+,49?,50-,51?,52?,53?,54+,59?/m0/s1. The number of ether oxygens (including phenoxy) is 3. The van der Waals surface area contributed by atoms with Crippen molar-refractivity contribution in [2.75, 3.05) is 46.7 Å². The lowest BCUT2D eigenvalue weighted by atomic mass is 9.89. The molecule has 2 aromatic rings. The lowest BCUT2D eigenvalue weighted by molar-refractivity contribution is -0.146. The van der Waals surface area contributed by atoms with E-state index in [0.29, 0.717) is 49.0 Å². The zero-order valence-electron chi connectivity index (χ0n) is 52.3. The second-order valence-corrected chi connectivity index (χ2v) is 23.7. The molecule has 13 atom stereocenters. The Kier molecular flexibility index (Phi) is 29.9. The highest BCUT2D eigenvalue weighted by molar-refractivity contribution is 5.98. The Morgan fingerprint density at radius 1 is 0.771 bits per heavy atom. The van der Waals surface area contributed by atoms with E-state index in [0.717, 1.165) is 0 Å². The van der Waals surface area contributed by atoms with E-state index in [9.17, 15) is 43.8 Å². The lowest BCUT2D eigenvalue weighted by Gasteiger charge is -2.44. The van der Waals surface area contributed by atoms with Crippen molar-refractivity contribution in [2.24, 2.45) is 35.3 Å². The number of nitrogens with two attached hydrogens (primary N) is 1. The molecule has 5 unspecified atom stereocenters. The van der Waals surface area contributed by atoms with Crippen molar-refractivity contribution in [2.45, 2.75) is 201 Å². The number of aliphatic hydroxyl groups is 2. The molecule has 10 N–H and O–H groups in total. The average molecular weight is 1170 g/mol. The molecule has 22 heteroatoms. The number of likely N-dealkylation sites (tertiary alicyclic amines) is 1. The largest absolute Gasteiger partial charge is 0.445 e. The van der Waals surface area contributed by atoms with Gasteiger partial charge in [0.05, 0.1) is 54.8 Å². The van der Waals surface area contributed by atoms with E-state index in [-0.39, 0.29) is 73.4 Å². The van der Waals surface area contributed by atoms with Gasteiger partial charge in [-0.15, -0.1) is 0 Å². The normalized spacial score (nSPS) is 18.0. The first-order valence-corrected chi connectivity index (χ1v) is 29.6. The summed E-state index contributed by atoms with van der Waals surface area (Å²) >= 11 is 0. The Bertz CT molecular complexity index is 2340. The molecular weight excluding hydrogens is 1060 g/mol. The summed E-state index contributed by atoms with van der Waals surface area (Å²) in [6.45, 7) is 23.1. The highest BCUT2D eigenvalue weighted by Crippen LogP contribution is 2.31. The van der Waals surface area contributed by atoms with Crippen LogP contribution >= 0.6 is 0 Å². The summed E-state index contributed by atoms with van der Waals surface area (Å²) in [6, 6.07) is 10.3. The monoisotopic (exact) mass is 1170 g/mol. The molecule has 0 radical (unpaired) electrons. The van der Waals surface area contributed by atoms with Crippen molar-refractivity contribution in [3.63, 3.8) is 0 Å². The van der Waals surface area contributed by atoms with E-state index in [4.69, 9.17) is 19.9 Å². The van der Waals surface area contributed by atoms with Gasteiger partial charge in [-0.05, 0) is 86.6 Å². The van der Waals surface area contributed by atoms with Crippen molar-refractivity contribution in [3.8, 4) is 0 Å². The van der Waals surface area contributed by atoms with Crippen molar-refractivity contribution in [3.05, 3.63) is 65.7 Å². The zero-order chi connectivity index (χ0) is 62.4. The number of nitrogens with one attached hydrogen (secondary N) is 6. The van der Waals surface area contributed by atoms with Crippen molar-refractivity contribution >= 4 is 47.3 Å². The highest BCUT2D eigenvalue weighted by Gasteiger charge is 2.44. The smallest absolute Gasteiger partial charge is 0.410 e. The minimum absolute atomic E-state index is 0.0221. The minimum Gasteiger partial charge on any atom is -0.445 e. The highest BCUT2D eigenvalue weighted by atomic mass is 16.6. The maximum absolute atomic E-state index is 14.5. The molecule has 1 saturated heterocycles. The van der Waals surface area contributed by atoms with E-state index in [2.05, 4.69) is 31.9 Å². The van der Waals surface area contributed by atoms with Crippen LogP contribution in [0.4, 0.5) is 15.3 Å². The fourth-order valence-electron chi connectivity index (χ4n) is 11.0. The van der Waals surface area contributed by atoms with Crippen molar-refractivity contribution < 1.29 is 58.0 Å². The van der Waals surface area contributed by atoms with Crippen molar-refractivity contribution in [1.82, 2.24) is 41.3 Å². The van der Waals surface area contributed by atoms with Crippen LogP contribution in [0.2, 0.25) is 0 Å². The number of aliphatic hydroxyl groups excluding tert-OH is 2. The third-order valence-electron chi connectivity index (χ3n) is 15.9. The summed E-state index contributed by atoms with van der Waals surface area (Å²) in [5.41, 5.74) is 6.92. The van der Waals surface area contributed by atoms with Gasteiger partial charge in [-0.3, -0.25) is 33.8 Å². The second kappa shape index (κ2) is 34.8. The zero-order valence-corrected chi connectivity index (χ0v) is 52.3. The number of amides is 8. The van der Waals surface area contributed by atoms with Crippen LogP contribution in [0.15, 0.2) is 54.6 Å². The van der Waals surface area contributed by atoms with Crippen LogP contribution in [0.5, 0.6) is 0 Å². The molecule has 1 aliphatic heterocycles. The van der Waals surface area contributed by atoms with Crippen LogP contribution in [-0.2, 0) is 44.8 Å². The molecule has 0 bridgehead atoms. The number of nitrogens with zero attached hydrogens (tertiary/aromatic N) is 3. The third-order valence-corrected chi connectivity index (χ3v) is 15.9. The van der Waals surface area contributed by atoms with Gasteiger partial charge in [-0.2, -0.15) is 0 Å². The molecule has 1 heterocycles. The topological polar surface area (TPSA) is 296 Å². The van der Waals surface area contributed by atoms with Crippen LogP contribution in [0, 0.1) is 29.6 Å². The van der Waals surface area contributed by atoms with Crippen molar-refractivity contribution in [1.29, 1.82) is 0 Å². The van der Waals surface area contributed by atoms with Gasteiger partial charge in [0.25, 0.3) is 0 Å². The maximum atomic E-state index is 14.5. The summed E-state index contributed by atoms with van der Waals surface area (Å²) < 4.78 is 17.8. The van der Waals surface area contributed by atoms with E-state index in [1.54, 1.807) is 80.9 Å². The molecule has 8 amide bonds. The first-order valence-electron chi connectivity index (χ1n) is 29.6. The molecule has 0 aliphatic carbocycles. The number of benzene rings is 2. The number of anilines is 1. The molecule has 1 aliphatic rings. The Morgan fingerprint density at radius 2 is 1.41 bits per heavy atom. The Hall–Kier alpha value is -5.91. The van der Waals surface area contributed by atoms with Gasteiger partial charge in [0, 0.05) is 52.1 Å². The molecule has 83 heavy (non-hydrogen) atoms. The fourth-order valence-corrected chi connectivity index (χ4v) is 11.0. The van der Waals surface area contributed by atoms with Crippen LogP contribution in [-0.4, -0.2) is 175 Å². The molecule has 0 saturated carbocycles. The lowest BCUT2D eigenvalue weighted by Crippen LogP contribution is -2.62. The summed E-state index contributed by atoms with van der Waals surface area (Å²) in [5.74, 6) is -3.28. The molecule has 468 valence electrons. The molecule has 0 aromatic heterocycles. The molecule has 3 rings (SSSR count). The van der Waals surface area contributed by atoms with E-state index >= 15 is 0 Å². The Morgan fingerprint density at radius 3 is 1.95 bits per heavy atom. The number of primary amides is 1. The first-order chi connectivity index (χ1) is 39.1. The summed E-state index contributed by atoms with van der Waals surface area (Å²) in [5, 5.41) is 40.7. The van der Waals surface area contributed by atoms with Gasteiger partial charge in [0.2, 0.25) is 29.5 Å². The second-order valence-electron chi connectivity index (χ2n) is 23.7. The summed E-state index contributed by atoms with van der Waals surface area (Å²) in [4.78, 5) is 99.2. The van der Waals surface area contributed by atoms with Crippen LogP contribution < -0.4 is 37.6 Å². The predicted molar refractivity (Wildman–Crippen MR) is 320 cm³/mol. The number of carbonyl (C=O) groups is 7. The quantitative estimate of drug-likeness (QED) is 0.0319. The van der Waals surface area contributed by atoms with Crippen LogP contribution in [0.3, 0.4) is 0 Å². The number of hydrogen-bond donors (Lipinski definition) is 9. The Labute approximate surface area is 493 Å². The first kappa shape index (κ1) is 71.4. The molecule has 22 nitrogen and oxygen atoms in total. The third kappa shape index (κ3) is 21.3. The Balaban J connectivity index is 1.71. The van der Waals surface area contributed by atoms with Gasteiger partial charge in [-0.1, -0.05) is 125 Å². The van der Waals surface area contributed by atoms with E-state index in [1.165, 1.54) is 26.2 Å². The summed E-state index contributed by atoms with van der Waals surface area (Å²) in [7, 11) is 6.30. The SMILES string of the molecule is CC[C@H](C)C([C@@H](CC(=O)N1CCC[C@H]1[C@H](OC)[C@@H](C)C(=O)N[C@H](C)C(O)c1ccccc1)OC)N(C)C(O)[C@@H](NC(=O)C(C(C)C)N(C)C(=O)OCc1ccc(NC(=O)[C@H](CCCNC(N)=O)NC(=O)C(NC(C)C)C(C)C)cc1)C(C)C. The number of urea groups is 1. The van der Waals surface area contributed by atoms with Crippen LogP contribution in [0.1, 0.15) is 139 Å². The van der Waals surface area contributed by atoms with Gasteiger partial charge in [-0.25, -0.2) is 9.59 Å². The van der Waals surface area contributed by atoms with Gasteiger partial charge >= 0.3 is 12.1 Å². The maximum Gasteiger partial charge on any atom is 0.410 e. The number of likely N-dealkylation sites (N-methyl/N-ethyl adjacent to an activating group) is 2. The van der Waals surface area contributed by atoms with Crippen LogP contribution in [0.25, 0.3) is 0 Å². The van der Waals surface area contributed by atoms with Gasteiger partial charge in [0.1, 0.15) is 24.9 Å². The number of rotatable bonds is 34.